The number of aliphatic imine (C=N–C) groups is 1. The number of amides is 1. The van der Waals surface area contributed by atoms with Crippen molar-refractivity contribution in [1.82, 2.24) is 4.98 Å². The van der Waals surface area contributed by atoms with Crippen LogP contribution >= 0.6 is 0 Å². The van der Waals surface area contributed by atoms with Gasteiger partial charge in [0.1, 0.15) is 11.6 Å². The SMILES string of the molecule is C=COC.COc1ccc(C23CCC(CN(C(=O)C4CCCCC4)c4cc(/C(C=NC(C)(C)C)=C/N)ccn4)(CC2)CC3)cc1C. The van der Waals surface area contributed by atoms with Crippen LogP contribution in [0.15, 0.2) is 60.6 Å². The van der Waals surface area contributed by atoms with Gasteiger partial charge in [-0.2, -0.15) is 0 Å². The third kappa shape index (κ3) is 8.40. The summed E-state index contributed by atoms with van der Waals surface area (Å²) in [6, 6.07) is 10.8. The molecule has 46 heavy (non-hydrogen) atoms. The van der Waals surface area contributed by atoms with Crippen molar-refractivity contribution in [2.24, 2.45) is 22.1 Å². The summed E-state index contributed by atoms with van der Waals surface area (Å²) in [5, 5.41) is 0. The molecule has 2 bridgehead atoms. The molecule has 0 radical (unpaired) electrons. The van der Waals surface area contributed by atoms with Gasteiger partial charge in [0, 0.05) is 36.6 Å². The van der Waals surface area contributed by atoms with Crippen LogP contribution in [0.1, 0.15) is 108 Å². The molecule has 7 heteroatoms. The van der Waals surface area contributed by atoms with Crippen molar-refractivity contribution in [2.45, 2.75) is 109 Å². The van der Waals surface area contributed by atoms with E-state index in [1.807, 2.05) is 24.5 Å². The zero-order chi connectivity index (χ0) is 33.4. The van der Waals surface area contributed by atoms with Crippen LogP contribution in [0.5, 0.6) is 5.75 Å². The first-order chi connectivity index (χ1) is 22.0. The Bertz CT molecular complexity index is 1380. The van der Waals surface area contributed by atoms with E-state index in [9.17, 15) is 4.79 Å². The summed E-state index contributed by atoms with van der Waals surface area (Å²) in [6.45, 7) is 12.3. The summed E-state index contributed by atoms with van der Waals surface area (Å²) in [4.78, 5) is 25.8. The highest BCUT2D eigenvalue weighted by Gasteiger charge is 2.50. The van der Waals surface area contributed by atoms with E-state index in [1.165, 1.54) is 43.1 Å². The van der Waals surface area contributed by atoms with Crippen LogP contribution in [-0.4, -0.2) is 43.4 Å². The summed E-state index contributed by atoms with van der Waals surface area (Å²) in [5.74, 6) is 2.04. The van der Waals surface area contributed by atoms with Gasteiger partial charge < -0.3 is 15.2 Å². The molecule has 4 aliphatic rings. The number of nitrogens with zero attached hydrogens (tertiary/aromatic N) is 3. The molecule has 7 nitrogen and oxygen atoms in total. The largest absolute Gasteiger partial charge is 0.505 e. The minimum atomic E-state index is -0.200. The zero-order valence-corrected chi connectivity index (χ0v) is 29.1. The van der Waals surface area contributed by atoms with E-state index >= 15 is 0 Å². The number of benzene rings is 1. The molecule has 1 amide bonds. The van der Waals surface area contributed by atoms with Crippen molar-refractivity contribution in [2.75, 3.05) is 25.7 Å². The van der Waals surface area contributed by atoms with Crippen LogP contribution in [0.25, 0.3) is 5.57 Å². The average Bonchev–Trinajstić information content (AvgIpc) is 3.08. The first kappa shape index (κ1) is 35.2. The second-order valence-electron chi connectivity index (χ2n) is 14.6. The Hall–Kier alpha value is -3.61. The molecule has 6 rings (SSSR count). The Labute approximate surface area is 277 Å². The minimum Gasteiger partial charge on any atom is -0.505 e. The number of nitrogens with two attached hydrogens (primary N) is 1. The lowest BCUT2D eigenvalue weighted by molar-refractivity contribution is -0.124. The van der Waals surface area contributed by atoms with Crippen molar-refractivity contribution in [3.05, 3.63) is 72.3 Å². The summed E-state index contributed by atoms with van der Waals surface area (Å²) < 4.78 is 9.84. The molecule has 1 heterocycles. The van der Waals surface area contributed by atoms with Gasteiger partial charge in [-0.05, 0) is 125 Å². The maximum atomic E-state index is 14.2. The molecule has 0 spiro atoms. The van der Waals surface area contributed by atoms with Crippen molar-refractivity contribution in [3.63, 3.8) is 0 Å². The normalized spacial score (nSPS) is 23.4. The van der Waals surface area contributed by atoms with Gasteiger partial charge in [0.15, 0.2) is 0 Å². The number of fused-ring (bicyclic) bond motifs is 3. The summed E-state index contributed by atoms with van der Waals surface area (Å²) in [5.41, 5.74) is 10.7. The van der Waals surface area contributed by atoms with E-state index in [-0.39, 0.29) is 28.2 Å². The molecule has 4 fully saturated rings. The molecular weight excluding hydrogens is 572 g/mol. The maximum absolute atomic E-state index is 14.2. The smallest absolute Gasteiger partial charge is 0.231 e. The van der Waals surface area contributed by atoms with E-state index < -0.39 is 0 Å². The molecule has 0 atom stereocenters. The van der Waals surface area contributed by atoms with E-state index in [2.05, 4.69) is 67.1 Å². The standard InChI is InChI=1S/C36H50N4O2.C3H6O/c1-26-21-30(11-12-31(26)42-5)36-17-14-35(15-18-36,16-19-36)25-40(33(41)27-9-7-6-8-10-27)32-22-28(13-20-38-32)29(23-37)24-39-34(2,3)4;1-3-4-2/h11-13,20-24,27H,6-10,14-19,25,37H2,1-5H3;3H,1H2,2H3/b29-23+,39-24?;. The predicted octanol–water partition coefficient (Wildman–Crippen LogP) is 8.55. The molecule has 0 saturated heterocycles. The molecule has 0 aliphatic heterocycles. The second-order valence-corrected chi connectivity index (χ2v) is 14.6. The fraction of sp³-hybridized carbons (Fsp3) is 0.564. The van der Waals surface area contributed by atoms with E-state index in [0.717, 1.165) is 74.2 Å². The quantitative estimate of drug-likeness (QED) is 0.222. The monoisotopic (exact) mass is 628 g/mol. The van der Waals surface area contributed by atoms with Gasteiger partial charge in [0.05, 0.1) is 26.0 Å². The average molecular weight is 629 g/mol. The van der Waals surface area contributed by atoms with Crippen molar-refractivity contribution < 1.29 is 14.3 Å². The van der Waals surface area contributed by atoms with Crippen LogP contribution in [0.4, 0.5) is 5.82 Å². The lowest BCUT2D eigenvalue weighted by Crippen LogP contribution is -2.51. The van der Waals surface area contributed by atoms with Gasteiger partial charge in [0.2, 0.25) is 5.91 Å². The molecule has 2 N–H and O–H groups in total. The number of anilines is 1. The third-order valence-electron chi connectivity index (χ3n) is 10.4. The lowest BCUT2D eigenvalue weighted by atomic mass is 9.51. The van der Waals surface area contributed by atoms with Crippen molar-refractivity contribution in [1.29, 1.82) is 0 Å². The molecule has 1 aromatic heterocycles. The van der Waals surface area contributed by atoms with Crippen molar-refractivity contribution >= 4 is 23.5 Å². The Kier molecular flexibility index (Phi) is 11.7. The van der Waals surface area contributed by atoms with Gasteiger partial charge in [-0.15, -0.1) is 0 Å². The molecule has 2 aromatic rings. The minimum absolute atomic E-state index is 0.0844. The highest BCUT2D eigenvalue weighted by atomic mass is 16.5. The number of methoxy groups -OCH3 is 2. The number of ether oxygens (including phenoxy) is 2. The van der Waals surface area contributed by atoms with Crippen LogP contribution in [0, 0.1) is 18.3 Å². The summed E-state index contributed by atoms with van der Waals surface area (Å²) >= 11 is 0. The van der Waals surface area contributed by atoms with Crippen LogP contribution < -0.4 is 15.4 Å². The number of hydrogen-bond donors (Lipinski definition) is 1. The summed E-state index contributed by atoms with van der Waals surface area (Å²) in [7, 11) is 3.31. The second kappa shape index (κ2) is 15.3. The first-order valence-electron chi connectivity index (χ1n) is 17.0. The number of allylic oxidation sites excluding steroid dienone is 1. The topological polar surface area (TPSA) is 90.0 Å². The number of pyridine rings is 1. The van der Waals surface area contributed by atoms with E-state index in [4.69, 9.17) is 15.5 Å². The Balaban J connectivity index is 0.00000113. The highest BCUT2D eigenvalue weighted by molar-refractivity contribution is 6.10. The number of aromatic nitrogens is 1. The number of hydrogen-bond acceptors (Lipinski definition) is 6. The van der Waals surface area contributed by atoms with Gasteiger partial charge in [0.25, 0.3) is 0 Å². The first-order valence-corrected chi connectivity index (χ1v) is 17.0. The van der Waals surface area contributed by atoms with E-state index in [1.54, 1.807) is 20.4 Å². The van der Waals surface area contributed by atoms with Crippen LogP contribution in [0.3, 0.4) is 0 Å². The molecule has 1 aromatic carbocycles. The van der Waals surface area contributed by atoms with Gasteiger partial charge in [-0.1, -0.05) is 38.0 Å². The lowest BCUT2D eigenvalue weighted by Gasteiger charge is -2.55. The van der Waals surface area contributed by atoms with Gasteiger partial charge in [-0.25, -0.2) is 4.98 Å². The third-order valence-corrected chi connectivity index (χ3v) is 10.4. The fourth-order valence-corrected chi connectivity index (χ4v) is 7.54. The number of rotatable bonds is 9. The fourth-order valence-electron chi connectivity index (χ4n) is 7.54. The Morgan fingerprint density at radius 2 is 1.72 bits per heavy atom. The van der Waals surface area contributed by atoms with Gasteiger partial charge in [-0.3, -0.25) is 14.7 Å². The molecule has 250 valence electrons. The highest BCUT2D eigenvalue weighted by Crippen LogP contribution is 2.58. The number of carbonyl (C=O) groups excluding carboxylic acids is 1. The summed E-state index contributed by atoms with van der Waals surface area (Å²) in [6.07, 6.45) is 19.0. The van der Waals surface area contributed by atoms with Crippen LogP contribution in [0.2, 0.25) is 0 Å². The van der Waals surface area contributed by atoms with Crippen LogP contribution in [-0.2, 0) is 14.9 Å². The zero-order valence-electron chi connectivity index (χ0n) is 29.1. The van der Waals surface area contributed by atoms with Crippen molar-refractivity contribution in [3.8, 4) is 5.75 Å². The molecule has 0 unspecified atom stereocenters. The number of carbonyl (C=O) groups is 1. The molecule has 4 saturated carbocycles. The molecule has 4 aliphatic carbocycles. The predicted molar refractivity (Wildman–Crippen MR) is 190 cm³/mol. The Morgan fingerprint density at radius 3 is 2.26 bits per heavy atom. The molecular formula is C39H56N4O3. The number of aryl methyl sites for hydroxylation is 1. The maximum Gasteiger partial charge on any atom is 0.231 e. The van der Waals surface area contributed by atoms with E-state index in [0.29, 0.717) is 0 Å². The van der Waals surface area contributed by atoms with Gasteiger partial charge >= 0.3 is 0 Å². The Morgan fingerprint density at radius 1 is 1.07 bits per heavy atom.